The standard InChI is InChI=1S/C20H21N3O3S/c1-13-9-10-16(14(2)12-13)21-20(24)17-7-5-11-23(17)19-15-6-3-4-8-18(15)27(25,26)22-19/h3-4,6,8-10,12,17H,5,7,11H2,1-2H3,(H,21,24)/t17-/m0/s1. The van der Waals surface area contributed by atoms with Crippen molar-refractivity contribution >= 4 is 27.5 Å². The molecule has 0 aromatic heterocycles. The van der Waals surface area contributed by atoms with Crippen molar-refractivity contribution in [1.29, 1.82) is 0 Å². The van der Waals surface area contributed by atoms with E-state index in [0.717, 1.165) is 23.2 Å². The van der Waals surface area contributed by atoms with Crippen molar-refractivity contribution in [2.24, 2.45) is 4.40 Å². The summed E-state index contributed by atoms with van der Waals surface area (Å²) in [4.78, 5) is 15.0. The lowest BCUT2D eigenvalue weighted by atomic mass is 10.1. The van der Waals surface area contributed by atoms with Gasteiger partial charge in [0.25, 0.3) is 10.0 Å². The average Bonchev–Trinajstić information content (AvgIpc) is 3.21. The van der Waals surface area contributed by atoms with Crippen LogP contribution in [0.4, 0.5) is 5.69 Å². The van der Waals surface area contributed by atoms with E-state index in [1.54, 1.807) is 24.3 Å². The van der Waals surface area contributed by atoms with E-state index in [2.05, 4.69) is 9.71 Å². The highest BCUT2D eigenvalue weighted by atomic mass is 32.2. The predicted molar refractivity (Wildman–Crippen MR) is 104 cm³/mol. The third kappa shape index (κ3) is 3.12. The molecule has 0 spiro atoms. The first-order chi connectivity index (χ1) is 12.9. The van der Waals surface area contributed by atoms with Crippen molar-refractivity contribution in [3.63, 3.8) is 0 Å². The van der Waals surface area contributed by atoms with E-state index in [0.29, 0.717) is 24.4 Å². The first-order valence-corrected chi connectivity index (χ1v) is 10.4. The number of hydrogen-bond acceptors (Lipinski definition) is 4. The van der Waals surface area contributed by atoms with Crippen molar-refractivity contribution < 1.29 is 13.2 Å². The van der Waals surface area contributed by atoms with E-state index in [-0.39, 0.29) is 10.8 Å². The van der Waals surface area contributed by atoms with Crippen molar-refractivity contribution in [2.75, 3.05) is 11.9 Å². The second-order valence-electron chi connectivity index (χ2n) is 7.05. The molecule has 1 atom stereocenters. The second-order valence-corrected chi connectivity index (χ2v) is 8.62. The van der Waals surface area contributed by atoms with Crippen LogP contribution >= 0.6 is 0 Å². The van der Waals surface area contributed by atoms with Crippen molar-refractivity contribution in [3.05, 3.63) is 59.2 Å². The average molecular weight is 383 g/mol. The van der Waals surface area contributed by atoms with Gasteiger partial charge in [-0.25, -0.2) is 0 Å². The maximum atomic E-state index is 12.9. The molecule has 2 aromatic rings. The highest BCUT2D eigenvalue weighted by molar-refractivity contribution is 7.90. The SMILES string of the molecule is Cc1ccc(NC(=O)[C@@H]2CCCN2C2=NS(=O)(=O)c3ccccc32)c(C)c1. The van der Waals surface area contributed by atoms with Crippen LogP contribution < -0.4 is 5.32 Å². The van der Waals surface area contributed by atoms with E-state index in [1.807, 2.05) is 36.9 Å². The van der Waals surface area contributed by atoms with Gasteiger partial charge in [-0.05, 0) is 50.5 Å². The van der Waals surface area contributed by atoms with E-state index < -0.39 is 16.1 Å². The Morgan fingerprint density at radius 3 is 2.74 bits per heavy atom. The molecule has 2 aliphatic rings. The number of nitrogens with one attached hydrogen (secondary N) is 1. The van der Waals surface area contributed by atoms with Gasteiger partial charge in [-0.1, -0.05) is 29.8 Å². The minimum absolute atomic E-state index is 0.135. The fraction of sp³-hybridized carbons (Fsp3) is 0.300. The van der Waals surface area contributed by atoms with E-state index in [9.17, 15) is 13.2 Å². The Morgan fingerprint density at radius 1 is 1.19 bits per heavy atom. The summed E-state index contributed by atoms with van der Waals surface area (Å²) in [6.07, 6.45) is 1.48. The van der Waals surface area contributed by atoms with Gasteiger partial charge in [0.1, 0.15) is 10.9 Å². The second kappa shape index (κ2) is 6.49. The number of carbonyl (C=O) groups excluding carboxylic acids is 1. The van der Waals surface area contributed by atoms with Crippen LogP contribution in [0.25, 0.3) is 0 Å². The molecule has 0 aliphatic carbocycles. The van der Waals surface area contributed by atoms with Crippen LogP contribution in [-0.4, -0.2) is 37.6 Å². The molecular formula is C20H21N3O3S. The normalized spacial score (nSPS) is 20.3. The zero-order chi connectivity index (χ0) is 19.2. The van der Waals surface area contributed by atoms with Crippen LogP contribution in [0.2, 0.25) is 0 Å². The minimum Gasteiger partial charge on any atom is -0.343 e. The van der Waals surface area contributed by atoms with Crippen LogP contribution in [0.3, 0.4) is 0 Å². The quantitative estimate of drug-likeness (QED) is 0.865. The molecular weight excluding hydrogens is 362 g/mol. The van der Waals surface area contributed by atoms with Gasteiger partial charge in [0.15, 0.2) is 5.84 Å². The Labute approximate surface area is 159 Å². The van der Waals surface area contributed by atoms with Gasteiger partial charge in [-0.3, -0.25) is 4.79 Å². The molecule has 7 heteroatoms. The molecule has 2 heterocycles. The van der Waals surface area contributed by atoms with Gasteiger partial charge in [-0.15, -0.1) is 4.40 Å². The lowest BCUT2D eigenvalue weighted by molar-refractivity contribution is -0.119. The van der Waals surface area contributed by atoms with Gasteiger partial charge in [0.2, 0.25) is 5.91 Å². The molecule has 0 saturated carbocycles. The summed E-state index contributed by atoms with van der Waals surface area (Å²) in [7, 11) is -3.70. The van der Waals surface area contributed by atoms with Crippen LogP contribution in [-0.2, 0) is 14.8 Å². The van der Waals surface area contributed by atoms with E-state index >= 15 is 0 Å². The Bertz CT molecular complexity index is 1060. The van der Waals surface area contributed by atoms with Gasteiger partial charge < -0.3 is 10.2 Å². The summed E-state index contributed by atoms with van der Waals surface area (Å²) in [6, 6.07) is 12.2. The molecule has 0 radical (unpaired) electrons. The fourth-order valence-electron chi connectivity index (χ4n) is 3.76. The monoisotopic (exact) mass is 383 g/mol. The number of rotatable bonds is 2. The number of anilines is 1. The molecule has 2 aromatic carbocycles. The molecule has 0 bridgehead atoms. The van der Waals surface area contributed by atoms with Crippen LogP contribution in [0.1, 0.15) is 29.5 Å². The fourth-order valence-corrected chi connectivity index (χ4v) is 4.98. The Balaban J connectivity index is 1.62. The molecule has 0 unspecified atom stereocenters. The van der Waals surface area contributed by atoms with Gasteiger partial charge in [0, 0.05) is 17.8 Å². The molecule has 140 valence electrons. The number of amidine groups is 1. The zero-order valence-electron chi connectivity index (χ0n) is 15.3. The molecule has 1 amide bonds. The van der Waals surface area contributed by atoms with Crippen LogP contribution in [0.15, 0.2) is 51.8 Å². The number of nitrogens with zero attached hydrogens (tertiary/aromatic N) is 2. The highest BCUT2D eigenvalue weighted by Crippen LogP contribution is 2.31. The summed E-state index contributed by atoms with van der Waals surface area (Å²) >= 11 is 0. The van der Waals surface area contributed by atoms with E-state index in [4.69, 9.17) is 0 Å². The lowest BCUT2D eigenvalue weighted by Crippen LogP contribution is -2.43. The first kappa shape index (κ1) is 17.7. The summed E-state index contributed by atoms with van der Waals surface area (Å²) in [6.45, 7) is 4.57. The maximum Gasteiger partial charge on any atom is 0.285 e. The Morgan fingerprint density at radius 2 is 1.96 bits per heavy atom. The Hall–Kier alpha value is -2.67. The number of hydrogen-bond donors (Lipinski definition) is 1. The number of sulfonamides is 1. The van der Waals surface area contributed by atoms with Gasteiger partial charge >= 0.3 is 0 Å². The molecule has 1 saturated heterocycles. The highest BCUT2D eigenvalue weighted by Gasteiger charge is 2.39. The van der Waals surface area contributed by atoms with Crippen LogP contribution in [0, 0.1) is 13.8 Å². The number of amides is 1. The third-order valence-corrected chi connectivity index (χ3v) is 6.40. The van der Waals surface area contributed by atoms with Crippen molar-refractivity contribution in [1.82, 2.24) is 4.90 Å². The lowest BCUT2D eigenvalue weighted by Gasteiger charge is -2.26. The third-order valence-electron chi connectivity index (χ3n) is 5.08. The van der Waals surface area contributed by atoms with Gasteiger partial charge in [-0.2, -0.15) is 8.42 Å². The summed E-state index contributed by atoms with van der Waals surface area (Å²) in [5, 5.41) is 2.99. The number of carbonyl (C=O) groups is 1. The molecule has 1 N–H and O–H groups in total. The number of benzene rings is 2. The topological polar surface area (TPSA) is 78.8 Å². The summed E-state index contributed by atoms with van der Waals surface area (Å²) in [5.41, 5.74) is 3.48. The van der Waals surface area contributed by atoms with Crippen LogP contribution in [0.5, 0.6) is 0 Å². The number of aryl methyl sites for hydroxylation is 2. The molecule has 2 aliphatic heterocycles. The molecule has 4 rings (SSSR count). The smallest absolute Gasteiger partial charge is 0.285 e. The number of likely N-dealkylation sites (tertiary alicyclic amines) is 1. The molecule has 1 fully saturated rings. The predicted octanol–water partition coefficient (Wildman–Crippen LogP) is 2.86. The number of fused-ring (bicyclic) bond motifs is 1. The van der Waals surface area contributed by atoms with Crippen molar-refractivity contribution in [2.45, 2.75) is 37.6 Å². The summed E-state index contributed by atoms with van der Waals surface area (Å²) in [5.74, 6) is 0.243. The van der Waals surface area contributed by atoms with E-state index in [1.165, 1.54) is 0 Å². The molecule has 27 heavy (non-hydrogen) atoms. The minimum atomic E-state index is -3.70. The Kier molecular flexibility index (Phi) is 4.26. The maximum absolute atomic E-state index is 12.9. The van der Waals surface area contributed by atoms with Crippen molar-refractivity contribution in [3.8, 4) is 0 Å². The largest absolute Gasteiger partial charge is 0.343 e. The molecule has 6 nitrogen and oxygen atoms in total. The summed E-state index contributed by atoms with van der Waals surface area (Å²) < 4.78 is 28.7. The van der Waals surface area contributed by atoms with Gasteiger partial charge in [0.05, 0.1) is 0 Å². The zero-order valence-corrected chi connectivity index (χ0v) is 16.1. The first-order valence-electron chi connectivity index (χ1n) is 8.96.